The fraction of sp³-hybridized carbons (Fsp3) is 0.360. The topological polar surface area (TPSA) is 120 Å². The molecule has 9 heteroatoms. The van der Waals surface area contributed by atoms with Crippen LogP contribution in [0, 0.1) is 0 Å². The van der Waals surface area contributed by atoms with E-state index in [4.69, 9.17) is 14.2 Å². The summed E-state index contributed by atoms with van der Waals surface area (Å²) in [5.41, 5.74) is 1.48. The SMILES string of the molecule is CCOc1ccc(NC(=O)COC(=O)CCCC(=O)Nc2ccc(C(=O)OC(C)C)cc2)cc1. The molecule has 0 aliphatic rings. The monoisotopic (exact) mass is 470 g/mol. The molecule has 0 saturated carbocycles. The second-order valence-electron chi connectivity index (χ2n) is 7.60. The molecule has 0 saturated heterocycles. The van der Waals surface area contributed by atoms with Gasteiger partial charge in [-0.1, -0.05) is 0 Å². The molecule has 9 nitrogen and oxygen atoms in total. The molecule has 2 aromatic rings. The largest absolute Gasteiger partial charge is 0.494 e. The molecular weight excluding hydrogens is 440 g/mol. The maximum absolute atomic E-state index is 12.1. The molecule has 2 rings (SSSR count). The molecule has 0 aliphatic carbocycles. The van der Waals surface area contributed by atoms with E-state index in [1.165, 1.54) is 0 Å². The van der Waals surface area contributed by atoms with Gasteiger partial charge in [0.1, 0.15) is 5.75 Å². The van der Waals surface area contributed by atoms with Crippen molar-refractivity contribution >= 4 is 35.1 Å². The van der Waals surface area contributed by atoms with Gasteiger partial charge in [-0.25, -0.2) is 4.79 Å². The standard InChI is InChI=1S/C25H30N2O7/c1-4-32-21-14-12-20(13-15-21)27-23(29)16-33-24(30)7-5-6-22(28)26-19-10-8-18(9-11-19)25(31)34-17(2)3/h8-15,17H,4-7,16H2,1-3H3,(H,26,28)(H,27,29). The van der Waals surface area contributed by atoms with Gasteiger partial charge in [0, 0.05) is 24.2 Å². The minimum atomic E-state index is -0.567. The first-order chi connectivity index (χ1) is 16.3. The molecule has 0 bridgehead atoms. The molecule has 2 N–H and O–H groups in total. The van der Waals surface area contributed by atoms with E-state index < -0.39 is 24.5 Å². The molecule has 34 heavy (non-hydrogen) atoms. The van der Waals surface area contributed by atoms with Crippen LogP contribution in [0.15, 0.2) is 48.5 Å². The molecule has 0 spiro atoms. The number of hydrogen-bond acceptors (Lipinski definition) is 7. The number of ether oxygens (including phenoxy) is 3. The lowest BCUT2D eigenvalue weighted by Gasteiger charge is -2.09. The van der Waals surface area contributed by atoms with E-state index in [-0.39, 0.29) is 31.3 Å². The third-order valence-electron chi connectivity index (χ3n) is 4.35. The highest BCUT2D eigenvalue weighted by Crippen LogP contribution is 2.16. The fourth-order valence-electron chi connectivity index (χ4n) is 2.80. The van der Waals surface area contributed by atoms with Crippen molar-refractivity contribution in [3.05, 3.63) is 54.1 Å². The molecule has 0 fully saturated rings. The minimum absolute atomic E-state index is 0.00370. The first kappa shape index (κ1) is 26.4. The Balaban J connectivity index is 1.64. The van der Waals surface area contributed by atoms with Gasteiger partial charge in [-0.3, -0.25) is 14.4 Å². The maximum atomic E-state index is 12.1. The van der Waals surface area contributed by atoms with Crippen LogP contribution in [-0.2, 0) is 23.9 Å². The van der Waals surface area contributed by atoms with Gasteiger partial charge in [-0.15, -0.1) is 0 Å². The van der Waals surface area contributed by atoms with E-state index in [1.807, 2.05) is 6.92 Å². The lowest BCUT2D eigenvalue weighted by Crippen LogP contribution is -2.21. The third-order valence-corrected chi connectivity index (χ3v) is 4.35. The van der Waals surface area contributed by atoms with E-state index in [9.17, 15) is 19.2 Å². The fourth-order valence-corrected chi connectivity index (χ4v) is 2.80. The molecule has 0 aromatic heterocycles. The van der Waals surface area contributed by atoms with Gasteiger partial charge < -0.3 is 24.8 Å². The van der Waals surface area contributed by atoms with Crippen LogP contribution < -0.4 is 15.4 Å². The average molecular weight is 471 g/mol. The molecule has 0 aliphatic heterocycles. The summed E-state index contributed by atoms with van der Waals surface area (Å²) in [6, 6.07) is 13.2. The first-order valence-electron chi connectivity index (χ1n) is 11.1. The molecule has 2 aromatic carbocycles. The van der Waals surface area contributed by atoms with Gasteiger partial charge >= 0.3 is 11.9 Å². The molecule has 0 unspecified atom stereocenters. The van der Waals surface area contributed by atoms with Crippen molar-refractivity contribution in [2.24, 2.45) is 0 Å². The Bertz CT molecular complexity index is 970. The van der Waals surface area contributed by atoms with Crippen LogP contribution >= 0.6 is 0 Å². The number of esters is 2. The van der Waals surface area contributed by atoms with Crippen molar-refractivity contribution in [1.29, 1.82) is 0 Å². The van der Waals surface area contributed by atoms with Crippen molar-refractivity contribution in [3.63, 3.8) is 0 Å². The van der Waals surface area contributed by atoms with Crippen LogP contribution in [0.5, 0.6) is 5.75 Å². The van der Waals surface area contributed by atoms with Crippen LogP contribution in [0.2, 0.25) is 0 Å². The van der Waals surface area contributed by atoms with Crippen molar-refractivity contribution < 1.29 is 33.4 Å². The highest BCUT2D eigenvalue weighted by atomic mass is 16.5. The molecule has 2 amide bonds. The van der Waals surface area contributed by atoms with Gasteiger partial charge in [-0.05, 0) is 75.7 Å². The van der Waals surface area contributed by atoms with E-state index >= 15 is 0 Å². The molecule has 0 atom stereocenters. The number of nitrogens with one attached hydrogen (secondary N) is 2. The summed E-state index contributed by atoms with van der Waals surface area (Å²) in [6.07, 6.45) is 0.157. The number of amides is 2. The zero-order valence-corrected chi connectivity index (χ0v) is 19.6. The molecule has 0 heterocycles. The lowest BCUT2D eigenvalue weighted by molar-refractivity contribution is -0.147. The number of carbonyl (C=O) groups excluding carboxylic acids is 4. The predicted molar refractivity (Wildman–Crippen MR) is 127 cm³/mol. The van der Waals surface area contributed by atoms with Crippen molar-refractivity contribution in [2.45, 2.75) is 46.1 Å². The van der Waals surface area contributed by atoms with E-state index in [2.05, 4.69) is 10.6 Å². The van der Waals surface area contributed by atoms with Gasteiger partial charge in [0.2, 0.25) is 5.91 Å². The Morgan fingerprint density at radius 3 is 2.00 bits per heavy atom. The van der Waals surface area contributed by atoms with Crippen molar-refractivity contribution in [3.8, 4) is 5.75 Å². The van der Waals surface area contributed by atoms with Gasteiger partial charge in [0.05, 0.1) is 18.3 Å². The summed E-state index contributed by atoms with van der Waals surface area (Å²) in [4.78, 5) is 47.7. The quantitative estimate of drug-likeness (QED) is 0.451. The van der Waals surface area contributed by atoms with Gasteiger partial charge in [0.15, 0.2) is 6.61 Å². The maximum Gasteiger partial charge on any atom is 0.338 e. The summed E-state index contributed by atoms with van der Waals surface area (Å²) >= 11 is 0. The summed E-state index contributed by atoms with van der Waals surface area (Å²) in [6.45, 7) is 5.54. The summed E-state index contributed by atoms with van der Waals surface area (Å²) in [7, 11) is 0. The Morgan fingerprint density at radius 2 is 1.41 bits per heavy atom. The van der Waals surface area contributed by atoms with Crippen LogP contribution in [0.25, 0.3) is 0 Å². The second-order valence-corrected chi connectivity index (χ2v) is 7.60. The van der Waals surface area contributed by atoms with Crippen LogP contribution in [0.3, 0.4) is 0 Å². The summed E-state index contributed by atoms with van der Waals surface area (Å²) < 4.78 is 15.4. The number of rotatable bonds is 12. The minimum Gasteiger partial charge on any atom is -0.494 e. The van der Waals surface area contributed by atoms with Crippen molar-refractivity contribution in [1.82, 2.24) is 0 Å². The van der Waals surface area contributed by atoms with Crippen LogP contribution in [0.4, 0.5) is 11.4 Å². The van der Waals surface area contributed by atoms with Crippen LogP contribution in [-0.4, -0.2) is 43.1 Å². The highest BCUT2D eigenvalue weighted by Gasteiger charge is 2.11. The zero-order valence-electron chi connectivity index (χ0n) is 19.6. The molecular formula is C25H30N2O7. The number of carbonyl (C=O) groups is 4. The summed E-state index contributed by atoms with van der Waals surface area (Å²) in [5, 5.41) is 5.32. The first-order valence-corrected chi connectivity index (χ1v) is 11.1. The Hall–Kier alpha value is -3.88. The molecule has 0 radical (unpaired) electrons. The van der Waals surface area contributed by atoms with E-state index in [0.717, 1.165) is 0 Å². The predicted octanol–water partition coefficient (Wildman–Crippen LogP) is 3.94. The highest BCUT2D eigenvalue weighted by molar-refractivity contribution is 5.94. The zero-order chi connectivity index (χ0) is 24.9. The van der Waals surface area contributed by atoms with Gasteiger partial charge in [0.25, 0.3) is 5.91 Å². The normalized spacial score (nSPS) is 10.4. The lowest BCUT2D eigenvalue weighted by atomic mass is 10.2. The van der Waals surface area contributed by atoms with E-state index in [1.54, 1.807) is 62.4 Å². The smallest absolute Gasteiger partial charge is 0.338 e. The van der Waals surface area contributed by atoms with E-state index in [0.29, 0.717) is 29.3 Å². The number of anilines is 2. The van der Waals surface area contributed by atoms with Crippen LogP contribution in [0.1, 0.15) is 50.4 Å². The number of benzene rings is 2. The summed E-state index contributed by atoms with van der Waals surface area (Å²) in [5.74, 6) is -1.05. The molecule has 182 valence electrons. The van der Waals surface area contributed by atoms with Gasteiger partial charge in [-0.2, -0.15) is 0 Å². The Labute approximate surface area is 198 Å². The average Bonchev–Trinajstić information content (AvgIpc) is 2.79. The number of hydrogen-bond donors (Lipinski definition) is 2. The van der Waals surface area contributed by atoms with Crippen molar-refractivity contribution in [2.75, 3.05) is 23.8 Å². The Kier molecular flexibility index (Phi) is 10.6. The second kappa shape index (κ2) is 13.6. The third kappa shape index (κ3) is 9.72. The Morgan fingerprint density at radius 1 is 0.824 bits per heavy atom.